The lowest BCUT2D eigenvalue weighted by Gasteiger charge is -2.22. The van der Waals surface area contributed by atoms with Gasteiger partial charge in [-0.1, -0.05) is 18.2 Å². The quantitative estimate of drug-likeness (QED) is 0.203. The Bertz CT molecular complexity index is 1740. The maximum absolute atomic E-state index is 10.9. The summed E-state index contributed by atoms with van der Waals surface area (Å²) >= 11 is 0. The SMILES string of the molecule is COc1cc([C@@H]2c3ccc4c(cc(O)c5ccc(O)cc54)c3O[C@H]2c2cc(OC)c(O)c(OC)c2)ccc1O. The van der Waals surface area contributed by atoms with Crippen molar-refractivity contribution >= 4 is 21.5 Å². The first-order valence-electron chi connectivity index (χ1n) is 12.2. The van der Waals surface area contributed by atoms with Crippen molar-refractivity contribution in [3.63, 3.8) is 0 Å². The van der Waals surface area contributed by atoms with Gasteiger partial charge in [0, 0.05) is 21.9 Å². The second-order valence-corrected chi connectivity index (χ2v) is 9.43. The minimum absolute atomic E-state index is 0.0135. The van der Waals surface area contributed by atoms with Gasteiger partial charge < -0.3 is 39.4 Å². The van der Waals surface area contributed by atoms with Crippen LogP contribution in [0.3, 0.4) is 0 Å². The van der Waals surface area contributed by atoms with Crippen molar-refractivity contribution in [3.8, 4) is 46.0 Å². The van der Waals surface area contributed by atoms with Crippen LogP contribution in [0.4, 0.5) is 0 Å². The average molecular weight is 527 g/mol. The standard InChI is InChI=1S/C31H26O8/c1-36-25-10-15(4-9-23(25)33)28-20-8-7-18-21-13-17(32)5-6-19(21)24(34)14-22(18)31(20)39-30(28)16-11-26(37-2)29(35)27(12-16)38-3/h4-14,28,30,32-35H,1-3H3/t28-,30+/m1/s1. The van der Waals surface area contributed by atoms with Crippen LogP contribution in [0.1, 0.15) is 28.7 Å². The number of hydrogen-bond acceptors (Lipinski definition) is 8. The fourth-order valence-electron chi connectivity index (χ4n) is 5.50. The van der Waals surface area contributed by atoms with Crippen molar-refractivity contribution in [2.24, 2.45) is 0 Å². The molecule has 0 unspecified atom stereocenters. The van der Waals surface area contributed by atoms with Gasteiger partial charge >= 0.3 is 0 Å². The smallest absolute Gasteiger partial charge is 0.200 e. The summed E-state index contributed by atoms with van der Waals surface area (Å²) in [5.41, 5.74) is 2.36. The molecule has 0 radical (unpaired) electrons. The highest BCUT2D eigenvalue weighted by atomic mass is 16.5. The fourth-order valence-corrected chi connectivity index (χ4v) is 5.50. The molecule has 6 rings (SSSR count). The molecule has 4 N–H and O–H groups in total. The molecule has 1 heterocycles. The molecule has 0 amide bonds. The van der Waals surface area contributed by atoms with Crippen LogP contribution >= 0.6 is 0 Å². The zero-order valence-electron chi connectivity index (χ0n) is 21.4. The number of phenols is 4. The van der Waals surface area contributed by atoms with Gasteiger partial charge in [0.2, 0.25) is 5.75 Å². The largest absolute Gasteiger partial charge is 0.508 e. The van der Waals surface area contributed by atoms with Crippen molar-refractivity contribution < 1.29 is 39.4 Å². The summed E-state index contributed by atoms with van der Waals surface area (Å²) in [5.74, 6) is 1.04. The molecule has 2 atom stereocenters. The van der Waals surface area contributed by atoms with E-state index in [1.807, 2.05) is 18.2 Å². The Hall–Kier alpha value is -4.98. The topological polar surface area (TPSA) is 118 Å². The summed E-state index contributed by atoms with van der Waals surface area (Å²) in [6, 6.07) is 19.0. The third-order valence-electron chi connectivity index (χ3n) is 7.35. The highest BCUT2D eigenvalue weighted by molar-refractivity contribution is 6.13. The van der Waals surface area contributed by atoms with E-state index in [2.05, 4.69) is 0 Å². The summed E-state index contributed by atoms with van der Waals surface area (Å²) < 4.78 is 22.9. The van der Waals surface area contributed by atoms with Crippen LogP contribution in [-0.4, -0.2) is 41.8 Å². The zero-order chi connectivity index (χ0) is 27.4. The third kappa shape index (κ3) is 3.75. The normalized spacial score (nSPS) is 16.2. The predicted molar refractivity (Wildman–Crippen MR) is 146 cm³/mol. The molecule has 39 heavy (non-hydrogen) atoms. The highest BCUT2D eigenvalue weighted by Gasteiger charge is 2.39. The molecule has 0 spiro atoms. The summed E-state index contributed by atoms with van der Waals surface area (Å²) in [7, 11) is 4.41. The minimum Gasteiger partial charge on any atom is -0.508 e. The number of aromatic hydroxyl groups is 4. The number of rotatable bonds is 5. The van der Waals surface area contributed by atoms with E-state index >= 15 is 0 Å². The summed E-state index contributed by atoms with van der Waals surface area (Å²) in [6.07, 6.45) is -0.592. The lowest BCUT2D eigenvalue weighted by Crippen LogP contribution is -2.12. The maximum atomic E-state index is 10.9. The lowest BCUT2D eigenvalue weighted by molar-refractivity contribution is 0.222. The molecule has 8 heteroatoms. The van der Waals surface area contributed by atoms with Crippen molar-refractivity contribution in [3.05, 3.63) is 83.4 Å². The fraction of sp³-hybridized carbons (Fsp3) is 0.161. The van der Waals surface area contributed by atoms with E-state index in [0.29, 0.717) is 33.2 Å². The Morgan fingerprint density at radius 1 is 0.590 bits per heavy atom. The number of fused-ring (bicyclic) bond motifs is 5. The van der Waals surface area contributed by atoms with Crippen molar-refractivity contribution in [2.75, 3.05) is 21.3 Å². The van der Waals surface area contributed by atoms with Crippen molar-refractivity contribution in [1.29, 1.82) is 0 Å². The van der Waals surface area contributed by atoms with Crippen LogP contribution in [0.25, 0.3) is 21.5 Å². The molecule has 1 aliphatic heterocycles. The first-order chi connectivity index (χ1) is 18.8. The van der Waals surface area contributed by atoms with Gasteiger partial charge in [-0.25, -0.2) is 0 Å². The van der Waals surface area contributed by atoms with Crippen LogP contribution in [0, 0.1) is 0 Å². The molecule has 0 aromatic heterocycles. The number of methoxy groups -OCH3 is 3. The number of benzene rings is 5. The molecule has 0 saturated heterocycles. The minimum atomic E-state index is -0.592. The van der Waals surface area contributed by atoms with E-state index in [4.69, 9.17) is 18.9 Å². The van der Waals surface area contributed by atoms with E-state index in [0.717, 1.165) is 16.5 Å². The molecule has 0 bridgehead atoms. The Morgan fingerprint density at radius 3 is 1.95 bits per heavy atom. The lowest BCUT2D eigenvalue weighted by atomic mass is 9.84. The molecular weight excluding hydrogens is 500 g/mol. The van der Waals surface area contributed by atoms with Gasteiger partial charge in [-0.3, -0.25) is 0 Å². The molecule has 0 fully saturated rings. The molecule has 5 aromatic rings. The van der Waals surface area contributed by atoms with Gasteiger partial charge in [-0.05, 0) is 64.9 Å². The predicted octanol–water partition coefficient (Wildman–Crippen LogP) is 6.11. The monoisotopic (exact) mass is 526 g/mol. The molecular formula is C31H26O8. The van der Waals surface area contributed by atoms with E-state index < -0.39 is 6.10 Å². The molecule has 0 saturated carbocycles. The number of hydrogen-bond donors (Lipinski definition) is 4. The van der Waals surface area contributed by atoms with Crippen LogP contribution in [0.15, 0.2) is 66.7 Å². The van der Waals surface area contributed by atoms with E-state index in [9.17, 15) is 20.4 Å². The second kappa shape index (κ2) is 9.09. The molecule has 5 aromatic carbocycles. The average Bonchev–Trinajstić information content (AvgIpc) is 3.33. The van der Waals surface area contributed by atoms with Crippen LogP contribution in [-0.2, 0) is 0 Å². The molecule has 1 aliphatic rings. The van der Waals surface area contributed by atoms with Gasteiger partial charge in [0.15, 0.2) is 23.0 Å². The van der Waals surface area contributed by atoms with Crippen LogP contribution < -0.4 is 18.9 Å². The summed E-state index contributed by atoms with van der Waals surface area (Å²) in [6.45, 7) is 0. The van der Waals surface area contributed by atoms with E-state index in [1.54, 1.807) is 42.5 Å². The zero-order valence-corrected chi connectivity index (χ0v) is 21.4. The van der Waals surface area contributed by atoms with E-state index in [1.165, 1.54) is 27.4 Å². The number of ether oxygens (including phenoxy) is 4. The third-order valence-corrected chi connectivity index (χ3v) is 7.35. The maximum Gasteiger partial charge on any atom is 0.200 e. The Labute approximate surface area is 223 Å². The molecule has 0 aliphatic carbocycles. The van der Waals surface area contributed by atoms with Crippen LogP contribution in [0.5, 0.6) is 46.0 Å². The van der Waals surface area contributed by atoms with Crippen LogP contribution in [0.2, 0.25) is 0 Å². The summed E-state index contributed by atoms with van der Waals surface area (Å²) in [5, 5.41) is 44.6. The second-order valence-electron chi connectivity index (χ2n) is 9.43. The number of phenolic OH excluding ortho intramolecular Hbond substituents is 4. The highest BCUT2D eigenvalue weighted by Crippen LogP contribution is 2.55. The van der Waals surface area contributed by atoms with Gasteiger partial charge in [0.25, 0.3) is 0 Å². The van der Waals surface area contributed by atoms with Crippen molar-refractivity contribution in [1.82, 2.24) is 0 Å². The first-order valence-corrected chi connectivity index (χ1v) is 12.2. The molecule has 198 valence electrons. The van der Waals surface area contributed by atoms with Gasteiger partial charge in [-0.2, -0.15) is 0 Å². The van der Waals surface area contributed by atoms with Gasteiger partial charge in [0.1, 0.15) is 23.4 Å². The Balaban J connectivity index is 1.63. The summed E-state index contributed by atoms with van der Waals surface area (Å²) in [4.78, 5) is 0. The molecule has 8 nitrogen and oxygen atoms in total. The Morgan fingerprint density at radius 2 is 1.26 bits per heavy atom. The van der Waals surface area contributed by atoms with Gasteiger partial charge in [0.05, 0.1) is 27.2 Å². The first kappa shape index (κ1) is 24.4. The van der Waals surface area contributed by atoms with Gasteiger partial charge in [-0.15, -0.1) is 0 Å². The van der Waals surface area contributed by atoms with E-state index in [-0.39, 0.29) is 40.4 Å². The Kier molecular flexibility index (Phi) is 5.68. The van der Waals surface area contributed by atoms with Crippen molar-refractivity contribution in [2.45, 2.75) is 12.0 Å².